The predicted octanol–water partition coefficient (Wildman–Crippen LogP) is 4.71. The molecule has 0 saturated carbocycles. The number of pyridine rings is 1. The van der Waals surface area contributed by atoms with Crippen LogP contribution in [0, 0.1) is 10.1 Å². The number of aromatic nitrogens is 2. The number of hydrogen-bond acceptors (Lipinski definition) is 5. The lowest BCUT2D eigenvalue weighted by Gasteiger charge is -2.34. The Bertz CT molecular complexity index is 1260. The second kappa shape index (κ2) is 9.13. The van der Waals surface area contributed by atoms with Gasteiger partial charge in [0.1, 0.15) is 5.65 Å². The number of non-ortho nitro benzene ring substituents is 1. The summed E-state index contributed by atoms with van der Waals surface area (Å²) in [5, 5.41) is 11.1. The molecule has 33 heavy (non-hydrogen) atoms. The van der Waals surface area contributed by atoms with Gasteiger partial charge in [-0.25, -0.2) is 4.98 Å². The van der Waals surface area contributed by atoms with Crippen LogP contribution in [-0.4, -0.2) is 56.8 Å². The van der Waals surface area contributed by atoms with Crippen LogP contribution in [0.25, 0.3) is 28.0 Å². The molecule has 0 N–H and O–H groups in total. The molecule has 5 rings (SSSR count). The maximum Gasteiger partial charge on any atom is 0.269 e. The standard InChI is InChI=1S/C26H27N5O2/c1-2-28-14-16-29(17-15-28)19-24-26(21-8-11-23(12-9-21)31(32)33)27-25-13-10-22(18-30(24)25)20-6-4-3-5-7-20/h3-13,18H,2,14-17,19H2,1H3. The second-order valence-electron chi connectivity index (χ2n) is 8.43. The van der Waals surface area contributed by atoms with Crippen molar-refractivity contribution < 1.29 is 4.92 Å². The van der Waals surface area contributed by atoms with Gasteiger partial charge in [-0.05, 0) is 41.9 Å². The number of imidazole rings is 1. The zero-order chi connectivity index (χ0) is 22.8. The van der Waals surface area contributed by atoms with E-state index >= 15 is 0 Å². The number of likely N-dealkylation sites (N-methyl/N-ethyl adjacent to an activating group) is 1. The van der Waals surface area contributed by atoms with Crippen LogP contribution in [0.5, 0.6) is 0 Å². The van der Waals surface area contributed by atoms with Crippen LogP contribution in [0.3, 0.4) is 0 Å². The first-order valence-electron chi connectivity index (χ1n) is 11.4. The molecule has 0 spiro atoms. The molecule has 1 saturated heterocycles. The number of nitro groups is 1. The summed E-state index contributed by atoms with van der Waals surface area (Å²) in [6.45, 7) is 8.22. The largest absolute Gasteiger partial charge is 0.301 e. The number of piperazine rings is 1. The molecule has 1 aliphatic heterocycles. The van der Waals surface area contributed by atoms with E-state index in [0.29, 0.717) is 0 Å². The number of rotatable bonds is 6. The van der Waals surface area contributed by atoms with E-state index in [-0.39, 0.29) is 10.6 Å². The fraction of sp³-hybridized carbons (Fsp3) is 0.269. The summed E-state index contributed by atoms with van der Waals surface area (Å²) >= 11 is 0. The van der Waals surface area contributed by atoms with Gasteiger partial charge in [0.2, 0.25) is 0 Å². The summed E-state index contributed by atoms with van der Waals surface area (Å²) < 4.78 is 2.19. The Balaban J connectivity index is 1.57. The normalized spacial score (nSPS) is 15.2. The summed E-state index contributed by atoms with van der Waals surface area (Å²) in [5.74, 6) is 0. The van der Waals surface area contributed by atoms with Crippen molar-refractivity contribution in [3.05, 3.63) is 88.7 Å². The van der Waals surface area contributed by atoms with Crippen LogP contribution >= 0.6 is 0 Å². The van der Waals surface area contributed by atoms with Crippen molar-refractivity contribution in [2.75, 3.05) is 32.7 Å². The Morgan fingerprint density at radius 3 is 2.18 bits per heavy atom. The Hall–Kier alpha value is -3.55. The van der Waals surface area contributed by atoms with E-state index < -0.39 is 0 Å². The van der Waals surface area contributed by atoms with Gasteiger partial charge in [0.05, 0.1) is 16.3 Å². The Kier molecular flexibility index (Phi) is 5.90. The monoisotopic (exact) mass is 441 g/mol. The zero-order valence-electron chi connectivity index (χ0n) is 18.7. The molecule has 7 nitrogen and oxygen atoms in total. The molecule has 7 heteroatoms. The highest BCUT2D eigenvalue weighted by Crippen LogP contribution is 2.29. The summed E-state index contributed by atoms with van der Waals surface area (Å²) in [6, 6.07) is 21.2. The average molecular weight is 442 g/mol. The fourth-order valence-electron chi connectivity index (χ4n) is 4.49. The summed E-state index contributed by atoms with van der Waals surface area (Å²) in [7, 11) is 0. The molecule has 2 aromatic heterocycles. The molecule has 168 valence electrons. The molecule has 2 aromatic carbocycles. The van der Waals surface area contributed by atoms with Crippen LogP contribution in [0.2, 0.25) is 0 Å². The molecule has 0 atom stereocenters. The first-order valence-corrected chi connectivity index (χ1v) is 11.4. The molecule has 0 radical (unpaired) electrons. The van der Waals surface area contributed by atoms with Crippen molar-refractivity contribution >= 4 is 11.3 Å². The van der Waals surface area contributed by atoms with Crippen molar-refractivity contribution in [3.8, 4) is 22.4 Å². The van der Waals surface area contributed by atoms with Gasteiger partial charge in [-0.2, -0.15) is 0 Å². The van der Waals surface area contributed by atoms with Crippen LogP contribution in [0.1, 0.15) is 12.6 Å². The molecule has 0 amide bonds. The number of nitro benzene ring substituents is 1. The smallest absolute Gasteiger partial charge is 0.269 e. The molecule has 0 unspecified atom stereocenters. The third-order valence-electron chi connectivity index (χ3n) is 6.46. The third-order valence-corrected chi connectivity index (χ3v) is 6.46. The van der Waals surface area contributed by atoms with Gasteiger partial charge in [0, 0.05) is 56.6 Å². The summed E-state index contributed by atoms with van der Waals surface area (Å²) in [5.41, 5.74) is 6.15. The van der Waals surface area contributed by atoms with Crippen molar-refractivity contribution in [3.63, 3.8) is 0 Å². The van der Waals surface area contributed by atoms with Crippen molar-refractivity contribution in [1.82, 2.24) is 19.2 Å². The van der Waals surface area contributed by atoms with E-state index in [1.165, 1.54) is 0 Å². The average Bonchev–Trinajstić information content (AvgIpc) is 3.22. The van der Waals surface area contributed by atoms with E-state index in [4.69, 9.17) is 4.98 Å². The highest BCUT2D eigenvalue weighted by Gasteiger charge is 2.21. The number of benzene rings is 2. The van der Waals surface area contributed by atoms with E-state index in [2.05, 4.69) is 51.6 Å². The minimum atomic E-state index is -0.367. The van der Waals surface area contributed by atoms with E-state index in [9.17, 15) is 10.1 Å². The summed E-state index contributed by atoms with van der Waals surface area (Å²) in [6.07, 6.45) is 2.16. The molecule has 0 bridgehead atoms. The van der Waals surface area contributed by atoms with Crippen LogP contribution in [0.15, 0.2) is 72.9 Å². The van der Waals surface area contributed by atoms with E-state index in [1.54, 1.807) is 24.3 Å². The van der Waals surface area contributed by atoms with Gasteiger partial charge < -0.3 is 9.30 Å². The lowest BCUT2D eigenvalue weighted by molar-refractivity contribution is -0.384. The first-order chi connectivity index (χ1) is 16.1. The van der Waals surface area contributed by atoms with Crippen molar-refractivity contribution in [1.29, 1.82) is 0 Å². The minimum Gasteiger partial charge on any atom is -0.301 e. The van der Waals surface area contributed by atoms with Crippen LogP contribution < -0.4 is 0 Å². The highest BCUT2D eigenvalue weighted by molar-refractivity contribution is 5.70. The fourth-order valence-corrected chi connectivity index (χ4v) is 4.49. The van der Waals surface area contributed by atoms with Crippen molar-refractivity contribution in [2.24, 2.45) is 0 Å². The maximum absolute atomic E-state index is 11.1. The molecule has 0 aliphatic carbocycles. The van der Waals surface area contributed by atoms with Gasteiger partial charge >= 0.3 is 0 Å². The number of fused-ring (bicyclic) bond motifs is 1. The molecular formula is C26H27N5O2. The molecular weight excluding hydrogens is 414 g/mol. The lowest BCUT2D eigenvalue weighted by atomic mass is 10.1. The van der Waals surface area contributed by atoms with Gasteiger partial charge in [-0.15, -0.1) is 0 Å². The Morgan fingerprint density at radius 2 is 1.52 bits per heavy atom. The van der Waals surface area contributed by atoms with Gasteiger partial charge in [0.25, 0.3) is 5.69 Å². The van der Waals surface area contributed by atoms with Gasteiger partial charge in [0.15, 0.2) is 0 Å². The molecule has 4 aromatic rings. The SMILES string of the molecule is CCN1CCN(Cc2c(-c3ccc([N+](=O)[O-])cc3)nc3ccc(-c4ccccc4)cn23)CC1. The molecule has 3 heterocycles. The van der Waals surface area contributed by atoms with Crippen LogP contribution in [-0.2, 0) is 6.54 Å². The Labute approximate surface area is 193 Å². The maximum atomic E-state index is 11.1. The highest BCUT2D eigenvalue weighted by atomic mass is 16.6. The third kappa shape index (κ3) is 4.37. The summed E-state index contributed by atoms with van der Waals surface area (Å²) in [4.78, 5) is 20.6. The quantitative estimate of drug-likeness (QED) is 0.320. The zero-order valence-corrected chi connectivity index (χ0v) is 18.7. The van der Waals surface area contributed by atoms with Crippen LogP contribution in [0.4, 0.5) is 5.69 Å². The van der Waals surface area contributed by atoms with E-state index in [1.807, 2.05) is 18.2 Å². The van der Waals surface area contributed by atoms with E-state index in [0.717, 1.165) is 73.0 Å². The topological polar surface area (TPSA) is 66.9 Å². The van der Waals surface area contributed by atoms with Gasteiger partial charge in [-0.1, -0.05) is 37.3 Å². The minimum absolute atomic E-state index is 0.0890. The number of hydrogen-bond donors (Lipinski definition) is 0. The van der Waals surface area contributed by atoms with Gasteiger partial charge in [-0.3, -0.25) is 15.0 Å². The lowest BCUT2D eigenvalue weighted by Crippen LogP contribution is -2.45. The van der Waals surface area contributed by atoms with Crippen molar-refractivity contribution in [2.45, 2.75) is 13.5 Å². The first kappa shape index (κ1) is 21.3. The predicted molar refractivity (Wildman–Crippen MR) is 130 cm³/mol. The molecule has 1 fully saturated rings. The molecule has 1 aliphatic rings. The number of nitrogens with zero attached hydrogens (tertiary/aromatic N) is 5. The Morgan fingerprint density at radius 1 is 0.848 bits per heavy atom. The second-order valence-corrected chi connectivity index (χ2v) is 8.43.